The lowest BCUT2D eigenvalue weighted by atomic mass is 9.98. The van der Waals surface area contributed by atoms with Crippen molar-refractivity contribution >= 4 is 34.1 Å². The predicted molar refractivity (Wildman–Crippen MR) is 179 cm³/mol. The van der Waals surface area contributed by atoms with Crippen molar-refractivity contribution in [3.8, 4) is 23.0 Å². The Hall–Kier alpha value is -4.39. The first-order valence-corrected chi connectivity index (χ1v) is 15.3. The van der Waals surface area contributed by atoms with Crippen molar-refractivity contribution in [1.29, 1.82) is 0 Å². The number of phenols is 1. The number of methoxy groups -OCH3 is 1. The summed E-state index contributed by atoms with van der Waals surface area (Å²) in [7, 11) is 1.46. The highest BCUT2D eigenvalue weighted by Crippen LogP contribution is 2.41. The van der Waals surface area contributed by atoms with Gasteiger partial charge >= 0.3 is 0 Å². The maximum Gasteiger partial charge on any atom is 0.257 e. The number of carbonyl (C=O) groups excluding carboxylic acids is 2. The van der Waals surface area contributed by atoms with E-state index < -0.39 is 5.43 Å². The number of ether oxygens (including phenoxy) is 3. The molecule has 1 aromatic heterocycles. The molecule has 1 heterocycles. The van der Waals surface area contributed by atoms with Crippen LogP contribution < -0.4 is 41.3 Å². The first kappa shape index (κ1) is 36.1. The molecule has 12 heteroatoms. The van der Waals surface area contributed by atoms with Gasteiger partial charge in [0.1, 0.15) is 34.7 Å². The molecule has 0 fully saturated rings. The normalized spacial score (nSPS) is 10.9. The zero-order valence-electron chi connectivity index (χ0n) is 27.3. The van der Waals surface area contributed by atoms with E-state index in [-0.39, 0.29) is 70.5 Å². The quantitative estimate of drug-likeness (QED) is 0.0565. The summed E-state index contributed by atoms with van der Waals surface area (Å²) in [5.41, 5.74) is 8.12. The van der Waals surface area contributed by atoms with Crippen LogP contribution in [0.25, 0.3) is 21.9 Å². The number of nitrogens with one attached hydrogen (secondary N) is 3. The van der Waals surface area contributed by atoms with Crippen LogP contribution in [-0.2, 0) is 22.4 Å². The van der Waals surface area contributed by atoms with Gasteiger partial charge in [0.15, 0.2) is 24.4 Å². The molecule has 0 saturated carbocycles. The average molecular weight is 639 g/mol. The monoisotopic (exact) mass is 638 g/mol. The third-order valence-electron chi connectivity index (χ3n) is 7.03. The molecule has 0 bridgehead atoms. The van der Waals surface area contributed by atoms with Gasteiger partial charge in [-0.3, -0.25) is 14.4 Å². The van der Waals surface area contributed by atoms with Gasteiger partial charge < -0.3 is 45.4 Å². The molecule has 0 radical (unpaired) electrons. The molecule has 3 aromatic rings. The maximum atomic E-state index is 14.2. The van der Waals surface area contributed by atoms with Crippen LogP contribution in [0.15, 0.2) is 44.6 Å². The molecule has 1 amide bonds. The van der Waals surface area contributed by atoms with E-state index in [0.29, 0.717) is 43.5 Å². The van der Waals surface area contributed by atoms with Crippen molar-refractivity contribution in [2.75, 3.05) is 59.6 Å². The van der Waals surface area contributed by atoms with Gasteiger partial charge in [-0.05, 0) is 40.5 Å². The summed E-state index contributed by atoms with van der Waals surface area (Å²) < 4.78 is 23.5. The van der Waals surface area contributed by atoms with Crippen LogP contribution in [0.4, 0.5) is 0 Å². The van der Waals surface area contributed by atoms with Crippen LogP contribution in [0.3, 0.4) is 0 Å². The lowest BCUT2D eigenvalue weighted by Crippen LogP contribution is -2.37. The number of hydrogen-bond acceptors (Lipinski definition) is 11. The van der Waals surface area contributed by atoms with E-state index in [2.05, 4.69) is 16.0 Å². The third-order valence-corrected chi connectivity index (χ3v) is 7.03. The van der Waals surface area contributed by atoms with Crippen LogP contribution in [0.1, 0.15) is 38.8 Å². The first-order chi connectivity index (χ1) is 22.1. The predicted octanol–water partition coefficient (Wildman–Crippen LogP) is 2.89. The van der Waals surface area contributed by atoms with Crippen LogP contribution in [0.2, 0.25) is 0 Å². The van der Waals surface area contributed by atoms with E-state index in [1.165, 1.54) is 19.2 Å². The van der Waals surface area contributed by atoms with E-state index >= 15 is 0 Å². The third kappa shape index (κ3) is 9.56. The molecule has 250 valence electrons. The number of aromatic hydroxyl groups is 1. The zero-order valence-corrected chi connectivity index (χ0v) is 27.3. The van der Waals surface area contributed by atoms with Gasteiger partial charge in [-0.25, -0.2) is 0 Å². The summed E-state index contributed by atoms with van der Waals surface area (Å²) in [4.78, 5) is 37.8. The van der Waals surface area contributed by atoms with Gasteiger partial charge in [0.25, 0.3) is 5.91 Å². The van der Waals surface area contributed by atoms with Crippen molar-refractivity contribution in [3.05, 3.63) is 56.8 Å². The topological polar surface area (TPSA) is 174 Å². The summed E-state index contributed by atoms with van der Waals surface area (Å²) in [5, 5.41) is 20.8. The average Bonchev–Trinajstić information content (AvgIpc) is 3.01. The van der Waals surface area contributed by atoms with E-state index in [4.69, 9.17) is 24.4 Å². The fourth-order valence-electron chi connectivity index (χ4n) is 4.80. The Bertz CT molecular complexity index is 1640. The van der Waals surface area contributed by atoms with Crippen LogP contribution in [-0.4, -0.2) is 76.9 Å². The van der Waals surface area contributed by atoms with Crippen LogP contribution in [0.5, 0.6) is 23.0 Å². The molecule has 12 nitrogen and oxygen atoms in total. The minimum Gasteiger partial charge on any atom is -0.507 e. The van der Waals surface area contributed by atoms with E-state index in [1.54, 1.807) is 0 Å². The summed E-state index contributed by atoms with van der Waals surface area (Å²) >= 11 is 0. The fraction of sp³-hybridized carbons (Fsp3) is 0.441. The Morgan fingerprint density at radius 2 is 1.50 bits per heavy atom. The number of carbonyl (C=O) groups is 2. The maximum absolute atomic E-state index is 14.2. The van der Waals surface area contributed by atoms with Crippen molar-refractivity contribution < 1.29 is 33.3 Å². The first-order valence-electron chi connectivity index (χ1n) is 15.3. The number of benzene rings is 2. The summed E-state index contributed by atoms with van der Waals surface area (Å²) in [6.45, 7) is 11.0. The smallest absolute Gasteiger partial charge is 0.257 e. The highest BCUT2D eigenvalue weighted by molar-refractivity contribution is 5.98. The molecule has 0 spiro atoms. The highest BCUT2D eigenvalue weighted by atomic mass is 16.5. The van der Waals surface area contributed by atoms with Crippen LogP contribution >= 0.6 is 0 Å². The molecule has 0 saturated heterocycles. The molecule has 46 heavy (non-hydrogen) atoms. The molecule has 0 aliphatic rings. The van der Waals surface area contributed by atoms with Gasteiger partial charge in [0.05, 0.1) is 12.5 Å². The van der Waals surface area contributed by atoms with Crippen molar-refractivity contribution in [1.82, 2.24) is 16.0 Å². The van der Waals surface area contributed by atoms with E-state index in [0.717, 1.165) is 30.8 Å². The van der Waals surface area contributed by atoms with Gasteiger partial charge in [-0.2, -0.15) is 0 Å². The summed E-state index contributed by atoms with van der Waals surface area (Å²) in [6.07, 6.45) is 5.01. The SMILES string of the molecule is COc1c(OCC(=O)NCCNCCNCCN)cc2oc3cc(OCC=O)c(CC=C(C)C)c(O)c3c(=O)c2c1CC=C(C)C. The molecule has 0 aliphatic heterocycles. The molecule has 2 aromatic carbocycles. The molecule has 6 N–H and O–H groups in total. The van der Waals surface area contributed by atoms with E-state index in [1.807, 2.05) is 39.8 Å². The van der Waals surface area contributed by atoms with Crippen molar-refractivity contribution in [2.45, 2.75) is 40.5 Å². The van der Waals surface area contributed by atoms with Gasteiger partial charge in [0, 0.05) is 62.5 Å². The summed E-state index contributed by atoms with van der Waals surface area (Å²) in [6, 6.07) is 3.01. The zero-order chi connectivity index (χ0) is 33.6. The molecular weight excluding hydrogens is 592 g/mol. The number of fused-ring (bicyclic) bond motifs is 2. The second-order valence-electron chi connectivity index (χ2n) is 11.1. The minimum atomic E-state index is -0.459. The molecular formula is C34H46N4O8. The lowest BCUT2D eigenvalue weighted by Gasteiger charge is -2.18. The van der Waals surface area contributed by atoms with Gasteiger partial charge in [-0.1, -0.05) is 23.3 Å². The molecule has 0 unspecified atom stereocenters. The summed E-state index contributed by atoms with van der Waals surface area (Å²) in [5.74, 6) is 0.116. The number of allylic oxidation sites excluding steroid dienone is 4. The number of rotatable bonds is 19. The number of amides is 1. The largest absolute Gasteiger partial charge is 0.507 e. The Labute approximate surface area is 268 Å². The second-order valence-corrected chi connectivity index (χ2v) is 11.1. The number of phenolic OH excluding ortho intramolecular Hbond substituents is 1. The Morgan fingerprint density at radius 3 is 2.13 bits per heavy atom. The van der Waals surface area contributed by atoms with Gasteiger partial charge in [-0.15, -0.1) is 0 Å². The Morgan fingerprint density at radius 1 is 0.891 bits per heavy atom. The van der Waals surface area contributed by atoms with Crippen molar-refractivity contribution in [2.24, 2.45) is 5.73 Å². The van der Waals surface area contributed by atoms with E-state index in [9.17, 15) is 19.5 Å². The lowest BCUT2D eigenvalue weighted by molar-refractivity contribution is -0.123. The van der Waals surface area contributed by atoms with Crippen molar-refractivity contribution in [3.63, 3.8) is 0 Å². The van der Waals surface area contributed by atoms with Crippen LogP contribution in [0, 0.1) is 0 Å². The second kappa shape index (κ2) is 17.9. The minimum absolute atomic E-state index is 0.0135. The standard InChI is InChI=1S/C34H46N4O8/c1-21(2)6-8-23-25(44-17-16-39)18-27-31(32(23)41)33(42)30-24(9-7-22(3)4)34(43-5)28(19-26(30)46-27)45-20-29(40)38-15-14-37-13-12-36-11-10-35/h6-7,16,18-19,36-37,41H,8-15,17,20,35H2,1-5H3,(H,38,40). The van der Waals surface area contributed by atoms with Gasteiger partial charge in [0.2, 0.25) is 5.43 Å². The number of hydrogen-bond donors (Lipinski definition) is 5. The highest BCUT2D eigenvalue weighted by Gasteiger charge is 2.24. The molecule has 3 rings (SSSR count). The number of nitrogens with two attached hydrogens (primary N) is 1. The Balaban J connectivity index is 2.03. The number of aldehydes is 1. The molecule has 0 atom stereocenters. The molecule has 0 aliphatic carbocycles. The fourth-order valence-corrected chi connectivity index (χ4v) is 4.80. The Kier molecular flexibility index (Phi) is 14.1.